The summed E-state index contributed by atoms with van der Waals surface area (Å²) in [5.41, 5.74) is 1.27. The molecule has 3 saturated carbocycles. The number of hydrogen-bond acceptors (Lipinski definition) is 4. The highest BCUT2D eigenvalue weighted by molar-refractivity contribution is 5.99. The first-order valence-corrected chi connectivity index (χ1v) is 14.1. The molecule has 0 aromatic carbocycles. The van der Waals surface area contributed by atoms with Crippen LogP contribution in [0.4, 0.5) is 0 Å². The van der Waals surface area contributed by atoms with Crippen molar-refractivity contribution in [2.24, 2.45) is 34.5 Å². The smallest absolute Gasteiger partial charge is 0.328 e. The van der Waals surface area contributed by atoms with Gasteiger partial charge in [-0.05, 0) is 93.8 Å². The summed E-state index contributed by atoms with van der Waals surface area (Å²) in [5.74, 6) is 2.27. The summed E-state index contributed by atoms with van der Waals surface area (Å²) in [5, 5.41) is 3.01. The molecule has 1 heterocycles. The molecule has 1 aliphatic heterocycles. The van der Waals surface area contributed by atoms with Gasteiger partial charge in [-0.2, -0.15) is 0 Å². The first-order chi connectivity index (χ1) is 16.7. The lowest BCUT2D eigenvalue weighted by Gasteiger charge is -2.60. The zero-order chi connectivity index (χ0) is 25.0. The van der Waals surface area contributed by atoms with Crippen LogP contribution in [-0.4, -0.2) is 48.4 Å². The Morgan fingerprint density at radius 3 is 2.60 bits per heavy atom. The Balaban J connectivity index is 1.26. The first-order valence-electron chi connectivity index (χ1n) is 14.1. The van der Waals surface area contributed by atoms with E-state index in [2.05, 4.69) is 25.2 Å². The molecule has 8 atom stereocenters. The molecule has 1 N–H and O–H groups in total. The highest BCUT2D eigenvalue weighted by Gasteiger charge is 2.58. The summed E-state index contributed by atoms with van der Waals surface area (Å²) in [6.45, 7) is 7.16. The van der Waals surface area contributed by atoms with Gasteiger partial charge in [0.05, 0.1) is 7.11 Å². The largest absolute Gasteiger partial charge is 0.467 e. The standard InChI is InChI=1S/C29H44N2O4/c1-18(26(33)31-17-7-9-24(31)27(34)35-4)30-25(32)23-13-12-21-20-11-10-19-8-5-6-15-28(19,2)22(20)14-16-29(21,23)3/h13,18-22,24H,5-12,14-17H2,1-4H3,(H,30,32)/t18-,19?,20-,21-,22-,24-,28-,29-/m0/s1. The minimum atomic E-state index is -0.663. The molecule has 5 rings (SSSR count). The van der Waals surface area contributed by atoms with Crippen molar-refractivity contribution in [3.63, 3.8) is 0 Å². The third-order valence-electron chi connectivity index (χ3n) is 11.1. The Hall–Kier alpha value is -1.85. The molecule has 0 radical (unpaired) electrons. The highest BCUT2D eigenvalue weighted by Crippen LogP contribution is 2.66. The topological polar surface area (TPSA) is 75.7 Å². The SMILES string of the molecule is COC(=O)[C@@H]1CCCN1C(=O)[C@H](C)NC(=O)C1=CC[C@H]2[C@@H]3CCC4CCCC[C@]4(C)[C@H]3CC[C@]12C. The molecule has 5 aliphatic rings. The van der Waals surface area contributed by atoms with Crippen LogP contribution in [0.3, 0.4) is 0 Å². The van der Waals surface area contributed by atoms with Crippen LogP contribution in [0.15, 0.2) is 11.6 Å². The number of methoxy groups -OCH3 is 1. The maximum Gasteiger partial charge on any atom is 0.328 e. The highest BCUT2D eigenvalue weighted by atomic mass is 16.5. The Morgan fingerprint density at radius 2 is 1.83 bits per heavy atom. The number of nitrogens with one attached hydrogen (secondary N) is 1. The van der Waals surface area contributed by atoms with Gasteiger partial charge in [0.25, 0.3) is 0 Å². The number of carbonyl (C=O) groups excluding carboxylic acids is 3. The van der Waals surface area contributed by atoms with Crippen LogP contribution in [0.1, 0.15) is 91.4 Å². The Labute approximate surface area is 210 Å². The van der Waals surface area contributed by atoms with Gasteiger partial charge in [0.1, 0.15) is 12.1 Å². The molecule has 0 aromatic rings. The molecule has 0 spiro atoms. The Morgan fingerprint density at radius 1 is 1.03 bits per heavy atom. The van der Waals surface area contributed by atoms with E-state index in [1.54, 1.807) is 11.8 Å². The number of carbonyl (C=O) groups is 3. The fourth-order valence-corrected chi connectivity index (χ4v) is 9.21. The van der Waals surface area contributed by atoms with Crippen molar-refractivity contribution in [2.45, 2.75) is 103 Å². The van der Waals surface area contributed by atoms with E-state index in [0.717, 1.165) is 36.7 Å². The second kappa shape index (κ2) is 9.23. The third kappa shape index (κ3) is 3.94. The van der Waals surface area contributed by atoms with E-state index in [9.17, 15) is 14.4 Å². The molecule has 1 unspecified atom stereocenters. The van der Waals surface area contributed by atoms with Gasteiger partial charge >= 0.3 is 5.97 Å². The number of ether oxygens (including phenoxy) is 1. The third-order valence-corrected chi connectivity index (χ3v) is 11.1. The summed E-state index contributed by atoms with van der Waals surface area (Å²) in [6.07, 6.45) is 15.1. The number of fused-ring (bicyclic) bond motifs is 5. The number of rotatable bonds is 4. The lowest BCUT2D eigenvalue weighted by Crippen LogP contribution is -2.54. The van der Waals surface area contributed by atoms with Crippen molar-refractivity contribution in [1.82, 2.24) is 10.2 Å². The number of allylic oxidation sites excluding steroid dienone is 1. The zero-order valence-electron chi connectivity index (χ0n) is 22.1. The average molecular weight is 485 g/mol. The molecule has 4 aliphatic carbocycles. The number of hydrogen-bond donors (Lipinski definition) is 1. The summed E-state index contributed by atoms with van der Waals surface area (Å²) < 4.78 is 4.88. The monoisotopic (exact) mass is 484 g/mol. The molecule has 6 nitrogen and oxygen atoms in total. The normalized spacial score (nSPS) is 41.2. The fourth-order valence-electron chi connectivity index (χ4n) is 9.21. The molecule has 2 amide bonds. The first kappa shape index (κ1) is 24.8. The van der Waals surface area contributed by atoms with Gasteiger partial charge in [-0.1, -0.05) is 32.8 Å². The minimum Gasteiger partial charge on any atom is -0.467 e. The van der Waals surface area contributed by atoms with E-state index >= 15 is 0 Å². The van der Waals surface area contributed by atoms with Crippen molar-refractivity contribution >= 4 is 17.8 Å². The Kier molecular flexibility index (Phi) is 6.54. The maximum atomic E-state index is 13.5. The van der Waals surface area contributed by atoms with Gasteiger partial charge in [-0.25, -0.2) is 4.79 Å². The van der Waals surface area contributed by atoms with Crippen LogP contribution >= 0.6 is 0 Å². The summed E-state index contributed by atoms with van der Waals surface area (Å²) in [6, 6.07) is -1.20. The van der Waals surface area contributed by atoms with Gasteiger partial charge in [0.2, 0.25) is 11.8 Å². The van der Waals surface area contributed by atoms with Crippen LogP contribution < -0.4 is 5.32 Å². The molecular formula is C29H44N2O4. The lowest BCUT2D eigenvalue weighted by atomic mass is 9.45. The van der Waals surface area contributed by atoms with Crippen LogP contribution in [0, 0.1) is 34.5 Å². The summed E-state index contributed by atoms with van der Waals surface area (Å²) in [7, 11) is 1.36. The van der Waals surface area contributed by atoms with Crippen LogP contribution in [-0.2, 0) is 19.1 Å². The van der Waals surface area contributed by atoms with E-state index in [-0.39, 0.29) is 23.2 Å². The molecule has 0 aromatic heterocycles. The van der Waals surface area contributed by atoms with Crippen LogP contribution in [0.5, 0.6) is 0 Å². The van der Waals surface area contributed by atoms with E-state index in [4.69, 9.17) is 4.74 Å². The zero-order valence-corrected chi connectivity index (χ0v) is 22.1. The van der Waals surface area contributed by atoms with Gasteiger partial charge in [0.15, 0.2) is 0 Å². The van der Waals surface area contributed by atoms with E-state index in [1.807, 2.05) is 0 Å². The maximum absolute atomic E-state index is 13.5. The fraction of sp³-hybridized carbons (Fsp3) is 0.828. The van der Waals surface area contributed by atoms with E-state index in [0.29, 0.717) is 30.2 Å². The second-order valence-electron chi connectivity index (χ2n) is 12.6. The predicted molar refractivity (Wildman–Crippen MR) is 134 cm³/mol. The molecular weight excluding hydrogens is 440 g/mol. The number of amides is 2. The van der Waals surface area contributed by atoms with Crippen LogP contribution in [0.25, 0.3) is 0 Å². The molecule has 6 heteroatoms. The lowest BCUT2D eigenvalue weighted by molar-refractivity contribution is -0.151. The Bertz CT molecular complexity index is 914. The molecule has 0 bridgehead atoms. The number of likely N-dealkylation sites (tertiary alicyclic amines) is 1. The van der Waals surface area contributed by atoms with Gasteiger partial charge < -0.3 is 15.0 Å². The summed E-state index contributed by atoms with van der Waals surface area (Å²) in [4.78, 5) is 40.3. The number of esters is 1. The van der Waals surface area contributed by atoms with E-state index in [1.165, 1.54) is 52.1 Å². The van der Waals surface area contributed by atoms with Crippen molar-refractivity contribution < 1.29 is 19.1 Å². The molecule has 4 fully saturated rings. The average Bonchev–Trinajstić information content (AvgIpc) is 3.47. The van der Waals surface area contributed by atoms with Gasteiger partial charge in [-0.15, -0.1) is 0 Å². The van der Waals surface area contributed by atoms with Crippen molar-refractivity contribution in [3.8, 4) is 0 Å². The minimum absolute atomic E-state index is 0.0966. The summed E-state index contributed by atoms with van der Waals surface area (Å²) >= 11 is 0. The van der Waals surface area contributed by atoms with Crippen molar-refractivity contribution in [2.75, 3.05) is 13.7 Å². The quantitative estimate of drug-likeness (QED) is 0.591. The van der Waals surface area contributed by atoms with Crippen molar-refractivity contribution in [3.05, 3.63) is 11.6 Å². The second-order valence-corrected chi connectivity index (χ2v) is 12.6. The predicted octanol–water partition coefficient (Wildman–Crippen LogP) is 4.62. The van der Waals surface area contributed by atoms with Gasteiger partial charge in [0, 0.05) is 17.5 Å². The number of nitrogens with zero attached hydrogens (tertiary/aromatic N) is 1. The molecule has 1 saturated heterocycles. The van der Waals surface area contributed by atoms with Crippen LogP contribution in [0.2, 0.25) is 0 Å². The van der Waals surface area contributed by atoms with Gasteiger partial charge in [-0.3, -0.25) is 9.59 Å². The molecule has 194 valence electrons. The van der Waals surface area contributed by atoms with E-state index < -0.39 is 12.1 Å². The molecule has 35 heavy (non-hydrogen) atoms. The van der Waals surface area contributed by atoms with Crippen molar-refractivity contribution in [1.29, 1.82) is 0 Å².